The van der Waals surface area contributed by atoms with Crippen LogP contribution >= 0.6 is 0 Å². The predicted octanol–water partition coefficient (Wildman–Crippen LogP) is 2.48. The van der Waals surface area contributed by atoms with Crippen LogP contribution in [0.1, 0.15) is 53.0 Å². The van der Waals surface area contributed by atoms with Gasteiger partial charge in [-0.1, -0.05) is 42.6 Å². The Morgan fingerprint density at radius 3 is 2.68 bits per heavy atom. The summed E-state index contributed by atoms with van der Waals surface area (Å²) < 4.78 is 4.72. The van der Waals surface area contributed by atoms with Gasteiger partial charge in [-0.05, 0) is 18.9 Å². The summed E-state index contributed by atoms with van der Waals surface area (Å²) in [5.41, 5.74) is 0.881. The van der Waals surface area contributed by atoms with Gasteiger partial charge in [0.05, 0.1) is 22.8 Å². The van der Waals surface area contributed by atoms with E-state index >= 15 is 0 Å². The zero-order valence-corrected chi connectivity index (χ0v) is 15.4. The number of nitrogens with one attached hydrogen (secondary N) is 2. The van der Waals surface area contributed by atoms with E-state index in [9.17, 15) is 9.59 Å². The summed E-state index contributed by atoms with van der Waals surface area (Å²) >= 11 is 0. The van der Waals surface area contributed by atoms with Crippen molar-refractivity contribution in [3.05, 3.63) is 54.0 Å². The van der Waals surface area contributed by atoms with Crippen LogP contribution in [0.25, 0.3) is 10.9 Å². The molecule has 2 heterocycles. The number of nitrogens with zero attached hydrogens (tertiary/aromatic N) is 3. The third-order valence-electron chi connectivity index (χ3n) is 5.24. The Labute approximate surface area is 161 Å². The summed E-state index contributed by atoms with van der Waals surface area (Å²) in [6.07, 6.45) is 7.55. The summed E-state index contributed by atoms with van der Waals surface area (Å²) in [6.45, 7) is 0.334. The average Bonchev–Trinajstić information content (AvgIpc) is 3.27. The van der Waals surface area contributed by atoms with E-state index < -0.39 is 5.54 Å². The molecule has 3 aromatic rings. The maximum Gasteiger partial charge on any atom is 0.273 e. The van der Waals surface area contributed by atoms with Crippen molar-refractivity contribution in [1.82, 2.24) is 26.0 Å². The predicted molar refractivity (Wildman–Crippen MR) is 102 cm³/mol. The Balaban J connectivity index is 1.54. The minimum absolute atomic E-state index is 0.205. The fraction of sp³-hybridized carbons (Fsp3) is 0.350. The van der Waals surface area contributed by atoms with Gasteiger partial charge in [0.1, 0.15) is 6.26 Å². The molecule has 2 aromatic heterocycles. The lowest BCUT2D eigenvalue weighted by Crippen LogP contribution is -2.56. The molecule has 1 saturated carbocycles. The molecular formula is C20H21N5O3. The van der Waals surface area contributed by atoms with E-state index in [1.54, 1.807) is 0 Å². The van der Waals surface area contributed by atoms with Crippen molar-refractivity contribution in [2.45, 2.75) is 37.6 Å². The van der Waals surface area contributed by atoms with Gasteiger partial charge in [0.15, 0.2) is 5.69 Å². The van der Waals surface area contributed by atoms with Crippen LogP contribution in [-0.2, 0) is 0 Å². The summed E-state index contributed by atoms with van der Waals surface area (Å²) in [7, 11) is 0. The van der Waals surface area contributed by atoms with Gasteiger partial charge in [0, 0.05) is 18.0 Å². The van der Waals surface area contributed by atoms with Gasteiger partial charge in [-0.25, -0.2) is 0 Å². The Bertz CT molecular complexity index is 975. The molecule has 0 atom stereocenters. The number of carbonyl (C=O) groups excluding carboxylic acids is 2. The normalized spacial score (nSPS) is 15.9. The van der Waals surface area contributed by atoms with Crippen molar-refractivity contribution >= 4 is 22.7 Å². The first-order valence-electron chi connectivity index (χ1n) is 9.38. The van der Waals surface area contributed by atoms with Crippen LogP contribution in [0, 0.1) is 0 Å². The molecule has 2 amide bonds. The number of rotatable bonds is 5. The molecule has 0 radical (unpaired) electrons. The van der Waals surface area contributed by atoms with Crippen molar-refractivity contribution in [3.8, 4) is 0 Å². The van der Waals surface area contributed by atoms with Crippen LogP contribution in [0.2, 0.25) is 0 Å². The molecule has 144 valence electrons. The van der Waals surface area contributed by atoms with Crippen LogP contribution in [0.5, 0.6) is 0 Å². The third-order valence-corrected chi connectivity index (χ3v) is 5.24. The summed E-state index contributed by atoms with van der Waals surface area (Å²) in [5, 5.41) is 18.5. The highest BCUT2D eigenvalue weighted by Crippen LogP contribution is 2.28. The largest absolute Gasteiger partial charge is 0.364 e. The second-order valence-electron chi connectivity index (χ2n) is 7.14. The molecule has 0 spiro atoms. The molecule has 8 nitrogen and oxygen atoms in total. The van der Waals surface area contributed by atoms with E-state index in [4.69, 9.17) is 4.52 Å². The highest BCUT2D eigenvalue weighted by Gasteiger charge is 2.35. The van der Waals surface area contributed by atoms with Crippen molar-refractivity contribution in [3.63, 3.8) is 0 Å². The maximum absolute atomic E-state index is 13.1. The molecule has 2 N–H and O–H groups in total. The van der Waals surface area contributed by atoms with Crippen LogP contribution in [-0.4, -0.2) is 39.3 Å². The quantitative estimate of drug-likeness (QED) is 0.705. The Hall–Kier alpha value is -3.29. The molecule has 1 aliphatic carbocycles. The Kier molecular flexibility index (Phi) is 5.01. The number of benzene rings is 1. The van der Waals surface area contributed by atoms with E-state index in [-0.39, 0.29) is 17.5 Å². The van der Waals surface area contributed by atoms with E-state index in [2.05, 4.69) is 26.0 Å². The number of amides is 2. The van der Waals surface area contributed by atoms with Gasteiger partial charge in [-0.2, -0.15) is 10.2 Å². The van der Waals surface area contributed by atoms with Gasteiger partial charge >= 0.3 is 0 Å². The Morgan fingerprint density at radius 1 is 1.07 bits per heavy atom. The fourth-order valence-electron chi connectivity index (χ4n) is 3.74. The number of hydrogen-bond donors (Lipinski definition) is 2. The highest BCUT2D eigenvalue weighted by molar-refractivity contribution is 6.05. The first-order valence-corrected chi connectivity index (χ1v) is 9.38. The zero-order chi connectivity index (χ0) is 19.4. The molecule has 28 heavy (non-hydrogen) atoms. The topological polar surface area (TPSA) is 110 Å². The SMILES string of the molecule is O=C(NCC1(NC(=O)c2cnnc3ccccc23)CCCCC1)c1ccon1. The van der Waals surface area contributed by atoms with E-state index in [0.29, 0.717) is 17.6 Å². The lowest BCUT2D eigenvalue weighted by Gasteiger charge is -2.38. The second-order valence-corrected chi connectivity index (χ2v) is 7.14. The molecule has 0 saturated heterocycles. The molecule has 1 fully saturated rings. The number of hydrogen-bond acceptors (Lipinski definition) is 6. The molecule has 0 aliphatic heterocycles. The first kappa shape index (κ1) is 18.1. The number of fused-ring (bicyclic) bond motifs is 1. The van der Waals surface area contributed by atoms with E-state index in [1.807, 2.05) is 24.3 Å². The minimum atomic E-state index is -0.501. The third kappa shape index (κ3) is 3.71. The van der Waals surface area contributed by atoms with Crippen molar-refractivity contribution in [2.75, 3.05) is 6.54 Å². The number of carbonyl (C=O) groups is 2. The molecular weight excluding hydrogens is 358 g/mol. The van der Waals surface area contributed by atoms with E-state index in [0.717, 1.165) is 37.5 Å². The van der Waals surface area contributed by atoms with E-state index in [1.165, 1.54) is 18.5 Å². The first-order chi connectivity index (χ1) is 13.7. The maximum atomic E-state index is 13.1. The molecule has 1 aromatic carbocycles. The van der Waals surface area contributed by atoms with Crippen molar-refractivity contribution in [2.24, 2.45) is 0 Å². The van der Waals surface area contributed by atoms with Gasteiger partial charge in [-0.3, -0.25) is 9.59 Å². The molecule has 0 unspecified atom stereocenters. The van der Waals surface area contributed by atoms with Crippen LogP contribution in [0.4, 0.5) is 0 Å². The van der Waals surface area contributed by atoms with Crippen molar-refractivity contribution < 1.29 is 14.1 Å². The van der Waals surface area contributed by atoms with Crippen molar-refractivity contribution in [1.29, 1.82) is 0 Å². The zero-order valence-electron chi connectivity index (χ0n) is 15.4. The van der Waals surface area contributed by atoms with Gasteiger partial charge in [-0.15, -0.1) is 0 Å². The average molecular weight is 379 g/mol. The molecule has 4 rings (SSSR count). The molecule has 8 heteroatoms. The second kappa shape index (κ2) is 7.75. The Morgan fingerprint density at radius 2 is 1.89 bits per heavy atom. The smallest absolute Gasteiger partial charge is 0.273 e. The molecule has 1 aliphatic rings. The number of aromatic nitrogens is 3. The summed E-state index contributed by atoms with van der Waals surface area (Å²) in [4.78, 5) is 25.3. The van der Waals surface area contributed by atoms with Crippen LogP contribution < -0.4 is 10.6 Å². The van der Waals surface area contributed by atoms with Crippen LogP contribution in [0.15, 0.2) is 47.3 Å². The molecule has 0 bridgehead atoms. The van der Waals surface area contributed by atoms with Gasteiger partial charge < -0.3 is 15.2 Å². The summed E-state index contributed by atoms with van der Waals surface area (Å²) in [6, 6.07) is 8.93. The standard InChI is InChI=1S/C20H21N5O3/c26-18(15-12-22-24-16-7-3-2-6-14(15)16)23-20(9-4-1-5-10-20)13-21-19(27)17-8-11-28-25-17/h2-3,6-8,11-12H,1,4-5,9-10,13H2,(H,21,27)(H,23,26). The lowest BCUT2D eigenvalue weighted by atomic mass is 9.81. The highest BCUT2D eigenvalue weighted by atomic mass is 16.5. The lowest BCUT2D eigenvalue weighted by molar-refractivity contribution is 0.0831. The van der Waals surface area contributed by atoms with Gasteiger partial charge in [0.2, 0.25) is 0 Å². The fourth-order valence-corrected chi connectivity index (χ4v) is 3.74. The summed E-state index contributed by atoms with van der Waals surface area (Å²) in [5.74, 6) is -0.521. The van der Waals surface area contributed by atoms with Crippen LogP contribution in [0.3, 0.4) is 0 Å². The van der Waals surface area contributed by atoms with Gasteiger partial charge in [0.25, 0.3) is 11.8 Å². The minimum Gasteiger partial charge on any atom is -0.364 e. The monoisotopic (exact) mass is 379 g/mol.